The molecule has 0 saturated carbocycles. The second-order valence-electron chi connectivity index (χ2n) is 6.43. The van der Waals surface area contributed by atoms with Crippen LogP contribution in [0.3, 0.4) is 0 Å². The van der Waals surface area contributed by atoms with Crippen molar-refractivity contribution >= 4 is 17.6 Å². The Balaban J connectivity index is 1.76. The third-order valence-electron chi connectivity index (χ3n) is 4.15. The highest BCUT2D eigenvalue weighted by Gasteiger charge is 2.19. The Hall–Kier alpha value is -3.94. The maximum absolute atomic E-state index is 13.8. The first-order chi connectivity index (χ1) is 14.4. The molecular formula is C22H19F2N3O3. The lowest BCUT2D eigenvalue weighted by Gasteiger charge is -2.19. The molecule has 3 aromatic rings. The zero-order valence-electron chi connectivity index (χ0n) is 15.8. The second-order valence-corrected chi connectivity index (χ2v) is 6.43. The van der Waals surface area contributed by atoms with Gasteiger partial charge in [-0.2, -0.15) is 0 Å². The molecule has 30 heavy (non-hydrogen) atoms. The molecule has 4 N–H and O–H groups in total. The number of primary amides is 1. The summed E-state index contributed by atoms with van der Waals surface area (Å²) in [5.41, 5.74) is 5.65. The van der Waals surface area contributed by atoms with Crippen LogP contribution in [0.4, 0.5) is 19.3 Å². The number of nitrogens with one attached hydrogen (secondary N) is 2. The van der Waals surface area contributed by atoms with E-state index >= 15 is 0 Å². The molecule has 0 heterocycles. The van der Waals surface area contributed by atoms with Crippen LogP contribution in [0.25, 0.3) is 0 Å². The lowest BCUT2D eigenvalue weighted by atomic mass is 10.0. The van der Waals surface area contributed by atoms with Crippen molar-refractivity contribution in [2.75, 3.05) is 5.32 Å². The average Bonchev–Trinajstić information content (AvgIpc) is 2.70. The van der Waals surface area contributed by atoms with E-state index in [1.165, 1.54) is 0 Å². The summed E-state index contributed by atoms with van der Waals surface area (Å²) < 4.78 is 32.6. The number of nitrogens with two attached hydrogens (primary N) is 1. The molecule has 6 nitrogen and oxygen atoms in total. The molecule has 0 saturated heterocycles. The van der Waals surface area contributed by atoms with Crippen LogP contribution in [0.1, 0.15) is 18.0 Å². The highest BCUT2D eigenvalue weighted by molar-refractivity contribution is 5.91. The zero-order chi connectivity index (χ0) is 21.5. The molecule has 8 heteroatoms. The van der Waals surface area contributed by atoms with Crippen molar-refractivity contribution in [3.05, 3.63) is 90.0 Å². The Morgan fingerprint density at radius 2 is 1.67 bits per heavy atom. The standard InChI is InChI=1S/C22H19F2N3O3/c23-15-9-10-19(18(24)12-15)26-21(28)13-20(27-22(25)29)14-5-4-8-17(11-14)30-16-6-2-1-3-7-16/h1-12,20H,13H2,(H,26,28)(H3,25,27,29). The molecule has 3 amide bonds. The van der Waals surface area contributed by atoms with Gasteiger partial charge >= 0.3 is 6.03 Å². The first kappa shape index (κ1) is 20.8. The number of para-hydroxylation sites is 1. The van der Waals surface area contributed by atoms with Crippen molar-refractivity contribution in [3.8, 4) is 11.5 Å². The molecule has 154 valence electrons. The van der Waals surface area contributed by atoms with Gasteiger partial charge in [-0.15, -0.1) is 0 Å². The number of rotatable bonds is 7. The van der Waals surface area contributed by atoms with Gasteiger partial charge in [-0.1, -0.05) is 30.3 Å². The molecule has 3 rings (SSSR count). The van der Waals surface area contributed by atoms with Crippen molar-refractivity contribution in [1.29, 1.82) is 0 Å². The van der Waals surface area contributed by atoms with Gasteiger partial charge in [0.2, 0.25) is 5.91 Å². The molecule has 0 aromatic heterocycles. The van der Waals surface area contributed by atoms with Crippen LogP contribution in [0, 0.1) is 11.6 Å². The third kappa shape index (κ3) is 5.78. The van der Waals surface area contributed by atoms with Gasteiger partial charge in [-0.05, 0) is 42.0 Å². The summed E-state index contributed by atoms with van der Waals surface area (Å²) in [6.07, 6.45) is -0.228. The van der Waals surface area contributed by atoms with E-state index in [0.29, 0.717) is 23.1 Å². The molecular weight excluding hydrogens is 392 g/mol. The second kappa shape index (κ2) is 9.51. The molecule has 0 aliphatic rings. The topological polar surface area (TPSA) is 93.5 Å². The Kier molecular flexibility index (Phi) is 6.59. The van der Waals surface area contributed by atoms with Crippen LogP contribution < -0.4 is 21.1 Å². The summed E-state index contributed by atoms with van der Waals surface area (Å²) in [5.74, 6) is -1.12. The maximum Gasteiger partial charge on any atom is 0.312 e. The number of hydrogen-bond donors (Lipinski definition) is 3. The Morgan fingerprint density at radius 1 is 0.933 bits per heavy atom. The van der Waals surface area contributed by atoms with Gasteiger partial charge in [0.25, 0.3) is 0 Å². The molecule has 0 bridgehead atoms. The minimum absolute atomic E-state index is 0.166. The summed E-state index contributed by atoms with van der Waals surface area (Å²) in [6.45, 7) is 0. The number of hydrogen-bond acceptors (Lipinski definition) is 3. The largest absolute Gasteiger partial charge is 0.457 e. The first-order valence-electron chi connectivity index (χ1n) is 9.04. The van der Waals surface area contributed by atoms with Gasteiger partial charge < -0.3 is 21.1 Å². The van der Waals surface area contributed by atoms with Crippen molar-refractivity contribution in [2.45, 2.75) is 12.5 Å². The van der Waals surface area contributed by atoms with E-state index < -0.39 is 29.6 Å². The summed E-state index contributed by atoms with van der Waals surface area (Å²) in [6, 6.07) is 17.1. The molecule has 0 aliphatic heterocycles. The first-order valence-corrected chi connectivity index (χ1v) is 9.04. The van der Waals surface area contributed by atoms with Gasteiger partial charge in [-0.25, -0.2) is 13.6 Å². The summed E-state index contributed by atoms with van der Waals surface area (Å²) in [7, 11) is 0. The molecule has 1 unspecified atom stereocenters. The van der Waals surface area contributed by atoms with E-state index in [0.717, 1.165) is 12.1 Å². The highest BCUT2D eigenvalue weighted by Crippen LogP contribution is 2.26. The number of amides is 3. The van der Waals surface area contributed by atoms with Crippen LogP contribution in [-0.4, -0.2) is 11.9 Å². The average molecular weight is 411 g/mol. The number of ether oxygens (including phenoxy) is 1. The van der Waals surface area contributed by atoms with E-state index in [9.17, 15) is 18.4 Å². The fourth-order valence-electron chi connectivity index (χ4n) is 2.82. The third-order valence-corrected chi connectivity index (χ3v) is 4.15. The Morgan fingerprint density at radius 3 is 2.37 bits per heavy atom. The van der Waals surface area contributed by atoms with Crippen molar-refractivity contribution < 1.29 is 23.1 Å². The Labute approximate surface area is 171 Å². The van der Waals surface area contributed by atoms with E-state index in [2.05, 4.69) is 10.6 Å². The minimum atomic E-state index is -0.902. The molecule has 0 spiro atoms. The number of carbonyl (C=O) groups excluding carboxylic acids is 2. The predicted molar refractivity (Wildman–Crippen MR) is 108 cm³/mol. The van der Waals surface area contributed by atoms with E-state index in [1.807, 2.05) is 18.2 Å². The normalized spacial score (nSPS) is 11.4. The van der Waals surface area contributed by atoms with Gasteiger partial charge in [0, 0.05) is 6.07 Å². The van der Waals surface area contributed by atoms with Gasteiger partial charge in [0.15, 0.2) is 0 Å². The number of urea groups is 1. The number of benzene rings is 3. The number of carbonyl (C=O) groups is 2. The summed E-state index contributed by atoms with van der Waals surface area (Å²) in [4.78, 5) is 23.8. The smallest absolute Gasteiger partial charge is 0.312 e. The van der Waals surface area contributed by atoms with Crippen LogP contribution in [-0.2, 0) is 4.79 Å². The summed E-state index contributed by atoms with van der Waals surface area (Å²) in [5, 5.41) is 4.86. The van der Waals surface area contributed by atoms with E-state index in [-0.39, 0.29) is 12.1 Å². The fourth-order valence-corrected chi connectivity index (χ4v) is 2.82. The van der Waals surface area contributed by atoms with Crippen molar-refractivity contribution in [1.82, 2.24) is 5.32 Å². The van der Waals surface area contributed by atoms with Crippen LogP contribution >= 0.6 is 0 Å². The van der Waals surface area contributed by atoms with Crippen LogP contribution in [0.5, 0.6) is 11.5 Å². The fraction of sp³-hybridized carbons (Fsp3) is 0.0909. The molecule has 0 fully saturated rings. The van der Waals surface area contributed by atoms with E-state index in [1.54, 1.807) is 36.4 Å². The molecule has 0 aliphatic carbocycles. The quantitative estimate of drug-likeness (QED) is 0.535. The SMILES string of the molecule is NC(=O)NC(CC(=O)Nc1ccc(F)cc1F)c1cccc(Oc2ccccc2)c1. The number of anilines is 1. The lowest BCUT2D eigenvalue weighted by molar-refractivity contribution is -0.116. The molecule has 1 atom stereocenters. The van der Waals surface area contributed by atoms with Gasteiger partial charge in [0.1, 0.15) is 23.1 Å². The van der Waals surface area contributed by atoms with Gasteiger partial charge in [-0.3, -0.25) is 4.79 Å². The lowest BCUT2D eigenvalue weighted by Crippen LogP contribution is -2.35. The van der Waals surface area contributed by atoms with Gasteiger partial charge in [0.05, 0.1) is 18.2 Å². The van der Waals surface area contributed by atoms with Crippen molar-refractivity contribution in [2.24, 2.45) is 5.73 Å². The predicted octanol–water partition coefficient (Wildman–Crippen LogP) is 4.50. The Bertz CT molecular complexity index is 1040. The highest BCUT2D eigenvalue weighted by atomic mass is 19.1. The van der Waals surface area contributed by atoms with E-state index in [4.69, 9.17) is 10.5 Å². The van der Waals surface area contributed by atoms with Crippen LogP contribution in [0.2, 0.25) is 0 Å². The molecule has 0 radical (unpaired) electrons. The number of halogens is 2. The zero-order valence-corrected chi connectivity index (χ0v) is 15.8. The minimum Gasteiger partial charge on any atom is -0.457 e. The maximum atomic E-state index is 13.8. The summed E-state index contributed by atoms with van der Waals surface area (Å²) >= 11 is 0. The van der Waals surface area contributed by atoms with Crippen molar-refractivity contribution in [3.63, 3.8) is 0 Å². The monoisotopic (exact) mass is 411 g/mol. The van der Waals surface area contributed by atoms with Crippen LogP contribution in [0.15, 0.2) is 72.8 Å². The molecule has 3 aromatic carbocycles.